The van der Waals surface area contributed by atoms with Gasteiger partial charge in [-0.25, -0.2) is 4.79 Å². The maximum absolute atomic E-state index is 11.2. The Morgan fingerprint density at radius 1 is 1.33 bits per heavy atom. The first-order valence-electron chi connectivity index (χ1n) is 9.21. The van der Waals surface area contributed by atoms with Crippen LogP contribution in [-0.2, 0) is 0 Å². The first-order chi connectivity index (χ1) is 12.7. The lowest BCUT2D eigenvalue weighted by Gasteiger charge is -2.47. The van der Waals surface area contributed by atoms with Gasteiger partial charge in [0.15, 0.2) is 0 Å². The summed E-state index contributed by atoms with van der Waals surface area (Å²) in [4.78, 5) is 18.1. The molecule has 1 unspecified atom stereocenters. The third-order valence-corrected chi connectivity index (χ3v) is 5.60. The molecule has 0 amide bonds. The van der Waals surface area contributed by atoms with Crippen LogP contribution in [0.15, 0.2) is 41.4 Å². The molecule has 2 aromatic rings. The van der Waals surface area contributed by atoms with Crippen molar-refractivity contribution in [3.05, 3.63) is 58.1 Å². The smallest absolute Gasteiger partial charge is 0.337 e. The van der Waals surface area contributed by atoms with Crippen LogP contribution in [-0.4, -0.2) is 29.4 Å². The van der Waals surface area contributed by atoms with Gasteiger partial charge in [-0.3, -0.25) is 4.99 Å². The largest absolute Gasteiger partial charge is 0.478 e. The van der Waals surface area contributed by atoms with Crippen molar-refractivity contribution in [1.82, 2.24) is 0 Å². The molecule has 0 fully saturated rings. The maximum Gasteiger partial charge on any atom is 0.337 e. The summed E-state index contributed by atoms with van der Waals surface area (Å²) >= 11 is 5.92. The molecule has 1 N–H and O–H groups in total. The molecular weight excluding hydrogens is 360 g/mol. The van der Waals surface area contributed by atoms with Crippen LogP contribution in [0.3, 0.4) is 0 Å². The van der Waals surface area contributed by atoms with Crippen molar-refractivity contribution >= 4 is 35.2 Å². The number of hydrogen-bond donors (Lipinski definition) is 1. The number of carboxylic acid groups (broad SMARTS) is 1. The summed E-state index contributed by atoms with van der Waals surface area (Å²) in [6, 6.07) is 11.2. The molecule has 142 valence electrons. The molecule has 3 rings (SSSR count). The highest BCUT2D eigenvalue weighted by Gasteiger charge is 2.35. The predicted molar refractivity (Wildman–Crippen MR) is 112 cm³/mol. The minimum absolute atomic E-state index is 0.0613. The normalized spacial score (nSPS) is 18.6. The Morgan fingerprint density at radius 3 is 2.74 bits per heavy atom. The zero-order valence-electron chi connectivity index (χ0n) is 16.2. The molecule has 1 aliphatic heterocycles. The van der Waals surface area contributed by atoms with Crippen molar-refractivity contribution in [3.8, 4) is 0 Å². The lowest BCUT2D eigenvalue weighted by Crippen LogP contribution is -2.48. The van der Waals surface area contributed by atoms with Crippen molar-refractivity contribution in [3.63, 3.8) is 0 Å². The van der Waals surface area contributed by atoms with Gasteiger partial charge >= 0.3 is 5.97 Å². The predicted octanol–water partition coefficient (Wildman–Crippen LogP) is 5.90. The highest BCUT2D eigenvalue weighted by atomic mass is 35.5. The van der Waals surface area contributed by atoms with E-state index in [0.29, 0.717) is 11.6 Å². The summed E-state index contributed by atoms with van der Waals surface area (Å²) in [7, 11) is 0. The number of halogens is 1. The fourth-order valence-electron chi connectivity index (χ4n) is 4.09. The molecule has 27 heavy (non-hydrogen) atoms. The molecule has 2 aromatic carbocycles. The Bertz CT molecular complexity index is 905. The number of nitrogens with zero attached hydrogens (tertiary/aromatic N) is 2. The van der Waals surface area contributed by atoms with Crippen LogP contribution in [0.2, 0.25) is 5.02 Å². The van der Waals surface area contributed by atoms with Crippen molar-refractivity contribution in [2.75, 3.05) is 11.4 Å². The molecule has 0 spiro atoms. The Balaban J connectivity index is 1.92. The van der Waals surface area contributed by atoms with Gasteiger partial charge in [0.05, 0.1) is 16.3 Å². The highest BCUT2D eigenvalue weighted by Crippen LogP contribution is 2.43. The van der Waals surface area contributed by atoms with Crippen LogP contribution in [0.1, 0.15) is 61.5 Å². The number of aliphatic imine (C=N–C) groups is 1. The van der Waals surface area contributed by atoms with Gasteiger partial charge in [0.1, 0.15) is 0 Å². The Kier molecular flexibility index (Phi) is 5.29. The topological polar surface area (TPSA) is 52.9 Å². The number of rotatable bonds is 4. The van der Waals surface area contributed by atoms with E-state index >= 15 is 0 Å². The lowest BCUT2D eigenvalue weighted by molar-refractivity contribution is 0.0697. The fourth-order valence-corrected chi connectivity index (χ4v) is 4.29. The van der Waals surface area contributed by atoms with E-state index in [-0.39, 0.29) is 16.1 Å². The van der Waals surface area contributed by atoms with E-state index in [1.807, 2.05) is 0 Å². The van der Waals surface area contributed by atoms with Crippen LogP contribution in [0.25, 0.3) is 0 Å². The number of benzene rings is 2. The molecule has 0 saturated heterocycles. The van der Waals surface area contributed by atoms with Gasteiger partial charge in [-0.05, 0) is 74.6 Å². The number of carboxylic acids is 1. The van der Waals surface area contributed by atoms with Gasteiger partial charge in [-0.15, -0.1) is 0 Å². The minimum Gasteiger partial charge on any atom is -0.478 e. The molecular formula is C22H25ClN2O2. The average Bonchev–Trinajstić information content (AvgIpc) is 2.60. The Morgan fingerprint density at radius 2 is 2.07 bits per heavy atom. The van der Waals surface area contributed by atoms with E-state index in [0.717, 1.165) is 18.5 Å². The molecule has 1 atom stereocenters. The van der Waals surface area contributed by atoms with E-state index in [4.69, 9.17) is 11.6 Å². The second kappa shape index (κ2) is 7.35. The van der Waals surface area contributed by atoms with Gasteiger partial charge in [0.25, 0.3) is 0 Å². The van der Waals surface area contributed by atoms with Crippen molar-refractivity contribution in [1.29, 1.82) is 0 Å². The van der Waals surface area contributed by atoms with Crippen molar-refractivity contribution in [2.24, 2.45) is 4.99 Å². The van der Waals surface area contributed by atoms with E-state index in [9.17, 15) is 9.90 Å². The fraction of sp³-hybridized carbons (Fsp3) is 0.364. The van der Waals surface area contributed by atoms with Gasteiger partial charge in [0.2, 0.25) is 0 Å². The first-order valence-corrected chi connectivity index (χ1v) is 9.59. The van der Waals surface area contributed by atoms with Crippen molar-refractivity contribution in [2.45, 2.75) is 45.6 Å². The van der Waals surface area contributed by atoms with E-state index in [2.05, 4.69) is 55.8 Å². The monoisotopic (exact) mass is 384 g/mol. The first kappa shape index (κ1) is 19.4. The average molecular weight is 385 g/mol. The molecule has 5 heteroatoms. The van der Waals surface area contributed by atoms with E-state index in [1.54, 1.807) is 18.3 Å². The minimum atomic E-state index is -1.05. The third-order valence-electron chi connectivity index (χ3n) is 5.27. The van der Waals surface area contributed by atoms with Gasteiger partial charge in [0, 0.05) is 24.0 Å². The molecule has 1 heterocycles. The lowest BCUT2D eigenvalue weighted by atomic mass is 9.79. The van der Waals surface area contributed by atoms with Crippen LogP contribution < -0.4 is 4.90 Å². The summed E-state index contributed by atoms with van der Waals surface area (Å²) < 4.78 is 0. The maximum atomic E-state index is 11.2. The van der Waals surface area contributed by atoms with Crippen LogP contribution in [0.5, 0.6) is 0 Å². The van der Waals surface area contributed by atoms with Gasteiger partial charge in [-0.2, -0.15) is 0 Å². The second-order valence-electron chi connectivity index (χ2n) is 7.71. The highest BCUT2D eigenvalue weighted by molar-refractivity contribution is 6.33. The molecule has 0 saturated carbocycles. The number of carbonyl (C=O) groups is 1. The molecule has 4 nitrogen and oxygen atoms in total. The van der Waals surface area contributed by atoms with Gasteiger partial charge < -0.3 is 10.0 Å². The number of fused-ring (bicyclic) bond motifs is 1. The summed E-state index contributed by atoms with van der Waals surface area (Å²) in [5.74, 6) is -0.581. The zero-order valence-corrected chi connectivity index (χ0v) is 16.9. The summed E-state index contributed by atoms with van der Waals surface area (Å²) in [6.45, 7) is 10.0. The summed E-state index contributed by atoms with van der Waals surface area (Å²) in [6.07, 6.45) is 2.88. The summed E-state index contributed by atoms with van der Waals surface area (Å²) in [5, 5.41) is 9.40. The molecule has 0 bridgehead atoms. The van der Waals surface area contributed by atoms with Gasteiger partial charge in [-0.1, -0.05) is 24.6 Å². The van der Waals surface area contributed by atoms with Crippen molar-refractivity contribution < 1.29 is 9.90 Å². The number of aromatic carboxylic acids is 1. The van der Waals surface area contributed by atoms with Crippen LogP contribution >= 0.6 is 11.6 Å². The molecule has 1 aliphatic rings. The second-order valence-corrected chi connectivity index (χ2v) is 8.11. The molecule has 0 aliphatic carbocycles. The zero-order chi connectivity index (χ0) is 19.8. The van der Waals surface area contributed by atoms with Crippen LogP contribution in [0.4, 0.5) is 11.4 Å². The van der Waals surface area contributed by atoms with Crippen LogP contribution in [0, 0.1) is 0 Å². The third kappa shape index (κ3) is 3.86. The quantitative estimate of drug-likeness (QED) is 0.667. The van der Waals surface area contributed by atoms with E-state index < -0.39 is 5.97 Å². The Labute approximate surface area is 165 Å². The standard InChI is InChI=1S/C22H25ClN2O2/c1-5-25-20-9-6-15(10-17(20)14(2)12-22(25,3)4)13-24-16-7-8-19(23)18(11-16)21(26)27/h6-11,13-14H,5,12H2,1-4H3,(H,26,27). The molecule has 0 aromatic heterocycles. The van der Waals surface area contributed by atoms with E-state index in [1.165, 1.54) is 17.3 Å². The number of anilines is 1. The summed E-state index contributed by atoms with van der Waals surface area (Å²) in [5.41, 5.74) is 4.40. The Hall–Kier alpha value is -2.33. The molecule has 0 radical (unpaired) electrons. The number of hydrogen-bond acceptors (Lipinski definition) is 3. The SMILES string of the molecule is CCN1c2ccc(C=Nc3ccc(Cl)c(C(=O)O)c3)cc2C(C)CC1(C)C.